The summed E-state index contributed by atoms with van der Waals surface area (Å²) in [4.78, 5) is 3.63. The van der Waals surface area contributed by atoms with Crippen LogP contribution in [0.2, 0.25) is 0 Å². The van der Waals surface area contributed by atoms with Crippen LogP contribution in [0.3, 0.4) is 0 Å². The molecule has 0 saturated heterocycles. The van der Waals surface area contributed by atoms with Crippen LogP contribution in [0.4, 0.5) is 0 Å². The second-order valence-electron chi connectivity index (χ2n) is 1.04. The van der Waals surface area contributed by atoms with Gasteiger partial charge in [0, 0.05) is 6.54 Å². The summed E-state index contributed by atoms with van der Waals surface area (Å²) >= 11 is 0. The number of rotatable bonds is 2. The summed E-state index contributed by atoms with van der Waals surface area (Å²) in [5.74, 6) is 0. The summed E-state index contributed by atoms with van der Waals surface area (Å²) in [7, 11) is 0. The van der Waals surface area contributed by atoms with Crippen LogP contribution in [-0.4, -0.2) is 12.9 Å². The lowest BCUT2D eigenvalue weighted by atomic mass is 10.5. The van der Waals surface area contributed by atoms with Crippen molar-refractivity contribution in [3.63, 3.8) is 0 Å². The minimum atomic E-state index is 0.795. The van der Waals surface area contributed by atoms with Crippen LogP contribution in [-0.2, 0) is 0 Å². The molecular weight excluding hydrogens is 76.1 g/mol. The minimum Gasteiger partial charge on any atom is -0.290 e. The highest BCUT2D eigenvalue weighted by Gasteiger charge is 1.65. The Balaban J connectivity index is 2.66. The molecule has 2 heteroatoms. The Kier molecular flexibility index (Phi) is 4.08. The second kappa shape index (κ2) is 4.47. The normalized spacial score (nSPS) is 10.2. The Hall–Kier alpha value is -0.530. The smallest absolute Gasteiger partial charge is 0.101 e. The van der Waals surface area contributed by atoms with E-state index in [9.17, 15) is 0 Å². The quantitative estimate of drug-likeness (QED) is 0.350. The van der Waals surface area contributed by atoms with Gasteiger partial charge in [0.15, 0.2) is 0 Å². The van der Waals surface area contributed by atoms with E-state index in [4.69, 9.17) is 5.73 Å². The largest absolute Gasteiger partial charge is 0.290 e. The maximum absolute atomic E-state index is 6.41. The summed E-state index contributed by atoms with van der Waals surface area (Å²) < 4.78 is 0. The van der Waals surface area contributed by atoms with Gasteiger partial charge in [0.2, 0.25) is 0 Å². The van der Waals surface area contributed by atoms with E-state index in [1.165, 1.54) is 0 Å². The molecule has 0 aromatic rings. The van der Waals surface area contributed by atoms with Crippen LogP contribution in [0, 0.1) is 0 Å². The number of nitrogens with one attached hydrogen (secondary N) is 1. The van der Waals surface area contributed by atoms with Gasteiger partial charge in [0.05, 0.1) is 0 Å². The SMILES string of the molecule is CCCN=C[NH]. The zero-order chi connectivity index (χ0) is 4.83. The third-order valence-corrected chi connectivity index (χ3v) is 0.444. The van der Waals surface area contributed by atoms with Gasteiger partial charge in [-0.15, -0.1) is 0 Å². The standard InChI is InChI=1S/C4H9N2/c1-2-3-6-4-5/h4-5H,2-3H2,1H3. The van der Waals surface area contributed by atoms with Gasteiger partial charge in [-0.3, -0.25) is 10.7 Å². The first-order valence-corrected chi connectivity index (χ1v) is 2.07. The first-order valence-electron chi connectivity index (χ1n) is 2.07. The molecule has 0 aliphatic rings. The second-order valence-corrected chi connectivity index (χ2v) is 1.04. The van der Waals surface area contributed by atoms with Crippen LogP contribution in [0.15, 0.2) is 4.99 Å². The van der Waals surface area contributed by atoms with Crippen molar-refractivity contribution in [1.82, 2.24) is 5.73 Å². The van der Waals surface area contributed by atoms with Crippen molar-refractivity contribution in [2.45, 2.75) is 13.3 Å². The van der Waals surface area contributed by atoms with Crippen molar-refractivity contribution in [2.75, 3.05) is 6.54 Å². The monoisotopic (exact) mass is 85.1 g/mol. The van der Waals surface area contributed by atoms with E-state index in [-0.39, 0.29) is 0 Å². The number of hydrogen-bond acceptors (Lipinski definition) is 1. The van der Waals surface area contributed by atoms with E-state index in [1.54, 1.807) is 0 Å². The van der Waals surface area contributed by atoms with Crippen LogP contribution in [0.5, 0.6) is 0 Å². The molecule has 0 atom stereocenters. The lowest BCUT2D eigenvalue weighted by Gasteiger charge is -1.77. The number of nitrogens with zero attached hydrogens (tertiary/aromatic N) is 1. The molecule has 0 spiro atoms. The Labute approximate surface area is 38.1 Å². The molecule has 0 aromatic heterocycles. The number of hydrogen-bond donors (Lipinski definition) is 0. The minimum absolute atomic E-state index is 0.795. The zero-order valence-corrected chi connectivity index (χ0v) is 3.94. The molecule has 35 valence electrons. The fourth-order valence-electron chi connectivity index (χ4n) is 0.194. The van der Waals surface area contributed by atoms with Crippen LogP contribution in [0.1, 0.15) is 13.3 Å². The molecule has 2 nitrogen and oxygen atoms in total. The molecule has 1 radical (unpaired) electrons. The molecule has 0 bridgehead atoms. The summed E-state index contributed by atoms with van der Waals surface area (Å²) in [5.41, 5.74) is 6.41. The maximum Gasteiger partial charge on any atom is 0.101 e. The maximum atomic E-state index is 6.41. The summed E-state index contributed by atoms with van der Waals surface area (Å²) in [5, 5.41) is 0. The fraction of sp³-hybridized carbons (Fsp3) is 0.750. The highest BCUT2D eigenvalue weighted by molar-refractivity contribution is 5.49. The van der Waals surface area contributed by atoms with Crippen LogP contribution >= 0.6 is 0 Å². The van der Waals surface area contributed by atoms with Crippen molar-refractivity contribution in [2.24, 2.45) is 4.99 Å². The molecule has 0 rings (SSSR count). The van der Waals surface area contributed by atoms with Gasteiger partial charge in [-0.2, -0.15) is 0 Å². The highest BCUT2D eigenvalue weighted by atomic mass is 14.8. The molecule has 0 aromatic carbocycles. The van der Waals surface area contributed by atoms with Crippen LogP contribution in [0.25, 0.3) is 0 Å². The fourth-order valence-corrected chi connectivity index (χ4v) is 0.194. The molecule has 0 unspecified atom stereocenters. The van der Waals surface area contributed by atoms with E-state index >= 15 is 0 Å². The average Bonchev–Trinajstić information content (AvgIpc) is 1.61. The first-order chi connectivity index (χ1) is 2.91. The highest BCUT2D eigenvalue weighted by Crippen LogP contribution is 1.71. The summed E-state index contributed by atoms with van der Waals surface area (Å²) in [6, 6.07) is 0. The van der Waals surface area contributed by atoms with Gasteiger partial charge < -0.3 is 0 Å². The van der Waals surface area contributed by atoms with E-state index in [1.807, 2.05) is 6.92 Å². The molecule has 1 N–H and O–H groups in total. The van der Waals surface area contributed by atoms with Crippen LogP contribution < -0.4 is 5.73 Å². The average molecular weight is 85.1 g/mol. The number of aliphatic imine (C=N–C) groups is 1. The van der Waals surface area contributed by atoms with Gasteiger partial charge in [-0.05, 0) is 6.42 Å². The Morgan fingerprint density at radius 3 is 2.67 bits per heavy atom. The Morgan fingerprint density at radius 2 is 2.50 bits per heavy atom. The predicted molar refractivity (Wildman–Crippen MR) is 26.7 cm³/mol. The molecule has 0 aliphatic carbocycles. The lowest BCUT2D eigenvalue weighted by Crippen LogP contribution is -1.75. The van der Waals surface area contributed by atoms with Crippen molar-refractivity contribution >= 4 is 6.34 Å². The van der Waals surface area contributed by atoms with Crippen molar-refractivity contribution in [3.8, 4) is 0 Å². The van der Waals surface area contributed by atoms with Gasteiger partial charge in [-0.25, -0.2) is 0 Å². The Bertz CT molecular complexity index is 40.8. The van der Waals surface area contributed by atoms with Crippen molar-refractivity contribution in [3.05, 3.63) is 0 Å². The van der Waals surface area contributed by atoms with Gasteiger partial charge in [0.1, 0.15) is 6.34 Å². The van der Waals surface area contributed by atoms with Gasteiger partial charge >= 0.3 is 0 Å². The molecule has 0 saturated carbocycles. The molecule has 0 amide bonds. The van der Waals surface area contributed by atoms with Crippen molar-refractivity contribution < 1.29 is 0 Å². The topological polar surface area (TPSA) is 36.2 Å². The summed E-state index contributed by atoms with van der Waals surface area (Å²) in [6.07, 6.45) is 2.12. The van der Waals surface area contributed by atoms with Gasteiger partial charge in [-0.1, -0.05) is 6.92 Å². The van der Waals surface area contributed by atoms with Gasteiger partial charge in [0.25, 0.3) is 0 Å². The Morgan fingerprint density at radius 1 is 1.83 bits per heavy atom. The molecular formula is C4H9N2. The van der Waals surface area contributed by atoms with Crippen molar-refractivity contribution in [1.29, 1.82) is 0 Å². The molecule has 0 fully saturated rings. The van der Waals surface area contributed by atoms with E-state index < -0.39 is 0 Å². The zero-order valence-electron chi connectivity index (χ0n) is 3.94. The molecule has 0 aliphatic heterocycles. The van der Waals surface area contributed by atoms with E-state index in [0.29, 0.717) is 0 Å². The predicted octanol–water partition coefficient (Wildman–Crippen LogP) is 0.708. The summed E-state index contributed by atoms with van der Waals surface area (Å²) in [6.45, 7) is 2.83. The molecule has 6 heavy (non-hydrogen) atoms. The third-order valence-electron chi connectivity index (χ3n) is 0.444. The van der Waals surface area contributed by atoms with E-state index in [0.717, 1.165) is 19.3 Å². The third kappa shape index (κ3) is 3.47. The first kappa shape index (κ1) is 5.47. The molecule has 0 heterocycles. The van der Waals surface area contributed by atoms with E-state index in [2.05, 4.69) is 4.99 Å². The lowest BCUT2D eigenvalue weighted by molar-refractivity contribution is 0.934.